The normalized spacial score (nSPS) is 19.4. The van der Waals surface area contributed by atoms with Gasteiger partial charge in [0.05, 0.1) is 18.1 Å². The summed E-state index contributed by atoms with van der Waals surface area (Å²) >= 11 is 0. The third kappa shape index (κ3) is 6.01. The molecule has 1 unspecified atom stereocenters. The van der Waals surface area contributed by atoms with E-state index in [9.17, 15) is 17.2 Å². The van der Waals surface area contributed by atoms with E-state index in [0.29, 0.717) is 25.5 Å². The molecule has 0 saturated carbocycles. The summed E-state index contributed by atoms with van der Waals surface area (Å²) in [5.74, 6) is 0.937. The highest BCUT2D eigenvalue weighted by atomic mass is 32.2. The Bertz CT molecular complexity index is 741. The highest BCUT2D eigenvalue weighted by Crippen LogP contribution is 2.29. The summed E-state index contributed by atoms with van der Waals surface area (Å²) in [5.41, 5.74) is 0.775. The number of hydrogen-bond donors (Lipinski definition) is 2. The lowest BCUT2D eigenvalue weighted by Gasteiger charge is -2.17. The Kier molecular flexibility index (Phi) is 7.01. The highest BCUT2D eigenvalue weighted by molar-refractivity contribution is 7.91. The second-order valence-electron chi connectivity index (χ2n) is 5.76. The van der Waals surface area contributed by atoms with Crippen molar-refractivity contribution >= 4 is 15.8 Å². The third-order valence-corrected chi connectivity index (χ3v) is 5.55. The number of aliphatic imine (C=N–C) groups is 1. The van der Waals surface area contributed by atoms with E-state index < -0.39 is 16.4 Å². The number of sulfone groups is 1. The molecular formula is C16H23F2N3O4S. The summed E-state index contributed by atoms with van der Waals surface area (Å²) in [7, 11) is -1.39. The lowest BCUT2D eigenvalue weighted by atomic mass is 10.2. The van der Waals surface area contributed by atoms with Crippen molar-refractivity contribution in [3.8, 4) is 11.5 Å². The Labute approximate surface area is 151 Å². The van der Waals surface area contributed by atoms with Gasteiger partial charge >= 0.3 is 6.61 Å². The molecule has 0 radical (unpaired) electrons. The van der Waals surface area contributed by atoms with E-state index in [1.54, 1.807) is 26.1 Å². The molecule has 1 fully saturated rings. The SMILES string of the molecule is CCOc1cc(CNC(=NC)NC2CCS(=O)(=O)C2)ccc1OC(F)F. The average Bonchev–Trinajstić information content (AvgIpc) is 2.92. The maximum Gasteiger partial charge on any atom is 0.387 e. The van der Waals surface area contributed by atoms with Crippen LogP contribution >= 0.6 is 0 Å². The zero-order valence-corrected chi connectivity index (χ0v) is 15.5. The first kappa shape index (κ1) is 20.2. The maximum absolute atomic E-state index is 12.4. The topological polar surface area (TPSA) is 89.0 Å². The number of guanidine groups is 1. The molecule has 0 bridgehead atoms. The minimum atomic E-state index is -2.98. The van der Waals surface area contributed by atoms with E-state index in [0.717, 1.165) is 5.56 Å². The molecular weight excluding hydrogens is 368 g/mol. The molecule has 1 atom stereocenters. The summed E-state index contributed by atoms with van der Waals surface area (Å²) < 4.78 is 57.7. The molecule has 2 rings (SSSR count). The van der Waals surface area contributed by atoms with Gasteiger partial charge in [-0.05, 0) is 31.0 Å². The van der Waals surface area contributed by atoms with Gasteiger partial charge in [-0.3, -0.25) is 4.99 Å². The van der Waals surface area contributed by atoms with Crippen LogP contribution < -0.4 is 20.1 Å². The van der Waals surface area contributed by atoms with Gasteiger partial charge in [-0.2, -0.15) is 8.78 Å². The second-order valence-corrected chi connectivity index (χ2v) is 7.99. The van der Waals surface area contributed by atoms with Crippen molar-refractivity contribution in [2.24, 2.45) is 4.99 Å². The molecule has 146 valence electrons. The average molecular weight is 391 g/mol. The van der Waals surface area contributed by atoms with Gasteiger partial charge in [0.1, 0.15) is 0 Å². The van der Waals surface area contributed by atoms with Gasteiger partial charge in [-0.15, -0.1) is 0 Å². The quantitative estimate of drug-likeness (QED) is 0.541. The van der Waals surface area contributed by atoms with Gasteiger partial charge < -0.3 is 20.1 Å². The van der Waals surface area contributed by atoms with Crippen LogP contribution in [0.4, 0.5) is 8.78 Å². The minimum Gasteiger partial charge on any atom is -0.490 e. The number of ether oxygens (including phenoxy) is 2. The van der Waals surface area contributed by atoms with Crippen LogP contribution in [0, 0.1) is 0 Å². The van der Waals surface area contributed by atoms with Gasteiger partial charge in [0.15, 0.2) is 27.3 Å². The van der Waals surface area contributed by atoms with E-state index in [1.807, 2.05) is 0 Å². The Morgan fingerprint density at radius 3 is 2.73 bits per heavy atom. The van der Waals surface area contributed by atoms with Crippen molar-refractivity contribution in [1.82, 2.24) is 10.6 Å². The molecule has 7 nitrogen and oxygen atoms in total. The van der Waals surface area contributed by atoms with Gasteiger partial charge in [0, 0.05) is 19.6 Å². The summed E-state index contributed by atoms with van der Waals surface area (Å²) in [5, 5.41) is 6.14. The number of halogens is 2. The van der Waals surface area contributed by atoms with E-state index in [1.165, 1.54) is 6.07 Å². The summed E-state index contributed by atoms with van der Waals surface area (Å²) in [6, 6.07) is 4.50. The molecule has 1 saturated heterocycles. The summed E-state index contributed by atoms with van der Waals surface area (Å²) in [6.07, 6.45) is 0.539. The first-order valence-electron chi connectivity index (χ1n) is 8.21. The number of rotatable bonds is 7. The molecule has 0 aromatic heterocycles. The number of hydrogen-bond acceptors (Lipinski definition) is 5. The number of alkyl halides is 2. The fourth-order valence-corrected chi connectivity index (χ4v) is 4.28. The standard InChI is InChI=1S/C16H23F2N3O4S/c1-3-24-14-8-11(4-5-13(14)25-15(17)18)9-20-16(19-2)21-12-6-7-26(22,23)10-12/h4-5,8,12,15H,3,6-7,9-10H2,1-2H3,(H2,19,20,21). The van der Waals surface area contributed by atoms with Crippen LogP contribution in [0.5, 0.6) is 11.5 Å². The van der Waals surface area contributed by atoms with E-state index >= 15 is 0 Å². The largest absolute Gasteiger partial charge is 0.490 e. The lowest BCUT2D eigenvalue weighted by Crippen LogP contribution is -2.43. The van der Waals surface area contributed by atoms with Crippen LogP contribution in [0.25, 0.3) is 0 Å². The van der Waals surface area contributed by atoms with Crippen molar-refractivity contribution in [3.63, 3.8) is 0 Å². The zero-order valence-electron chi connectivity index (χ0n) is 14.7. The van der Waals surface area contributed by atoms with Gasteiger partial charge in [0.25, 0.3) is 0 Å². The van der Waals surface area contributed by atoms with Gasteiger partial charge in [-0.25, -0.2) is 8.42 Å². The molecule has 1 heterocycles. The van der Waals surface area contributed by atoms with Crippen LogP contribution in [0.15, 0.2) is 23.2 Å². The van der Waals surface area contributed by atoms with Gasteiger partial charge in [-0.1, -0.05) is 6.07 Å². The first-order valence-corrected chi connectivity index (χ1v) is 10.0. The van der Waals surface area contributed by atoms with Crippen molar-refractivity contribution in [2.45, 2.75) is 32.5 Å². The number of nitrogens with one attached hydrogen (secondary N) is 2. The Morgan fingerprint density at radius 2 is 2.15 bits per heavy atom. The van der Waals surface area contributed by atoms with Crippen LogP contribution in [-0.2, 0) is 16.4 Å². The Balaban J connectivity index is 1.97. The van der Waals surface area contributed by atoms with Crippen molar-refractivity contribution in [2.75, 3.05) is 25.2 Å². The van der Waals surface area contributed by atoms with Crippen LogP contribution in [0.3, 0.4) is 0 Å². The molecule has 2 N–H and O–H groups in total. The fourth-order valence-electron chi connectivity index (χ4n) is 2.61. The molecule has 1 aliphatic rings. The zero-order chi connectivity index (χ0) is 19.2. The molecule has 1 aromatic rings. The molecule has 1 aromatic carbocycles. The molecule has 0 amide bonds. The maximum atomic E-state index is 12.4. The van der Waals surface area contributed by atoms with E-state index in [-0.39, 0.29) is 29.0 Å². The Hall–Kier alpha value is -2.10. The third-order valence-electron chi connectivity index (χ3n) is 3.78. The highest BCUT2D eigenvalue weighted by Gasteiger charge is 2.28. The first-order chi connectivity index (χ1) is 12.3. The summed E-state index contributed by atoms with van der Waals surface area (Å²) in [4.78, 5) is 4.07. The van der Waals surface area contributed by atoms with Crippen LogP contribution in [0.1, 0.15) is 18.9 Å². The Morgan fingerprint density at radius 1 is 1.38 bits per heavy atom. The molecule has 26 heavy (non-hydrogen) atoms. The van der Waals surface area contributed by atoms with Crippen molar-refractivity contribution in [3.05, 3.63) is 23.8 Å². The smallest absolute Gasteiger partial charge is 0.387 e. The minimum absolute atomic E-state index is 0.0238. The van der Waals surface area contributed by atoms with Crippen LogP contribution in [-0.4, -0.2) is 52.2 Å². The number of benzene rings is 1. The predicted molar refractivity (Wildman–Crippen MR) is 94.6 cm³/mol. The monoisotopic (exact) mass is 391 g/mol. The van der Waals surface area contributed by atoms with E-state index in [4.69, 9.17) is 4.74 Å². The molecule has 10 heteroatoms. The van der Waals surface area contributed by atoms with Crippen molar-refractivity contribution in [1.29, 1.82) is 0 Å². The fraction of sp³-hybridized carbons (Fsp3) is 0.562. The number of nitrogens with zero attached hydrogens (tertiary/aromatic N) is 1. The van der Waals surface area contributed by atoms with E-state index in [2.05, 4.69) is 20.4 Å². The van der Waals surface area contributed by atoms with Crippen molar-refractivity contribution < 1.29 is 26.7 Å². The summed E-state index contributed by atoms with van der Waals surface area (Å²) in [6.45, 7) is -0.508. The molecule has 0 spiro atoms. The van der Waals surface area contributed by atoms with Crippen LogP contribution in [0.2, 0.25) is 0 Å². The second kappa shape index (κ2) is 9.02. The molecule has 0 aliphatic carbocycles. The lowest BCUT2D eigenvalue weighted by molar-refractivity contribution is -0.0514. The predicted octanol–water partition coefficient (Wildman–Crippen LogP) is 1.54. The molecule has 1 aliphatic heterocycles. The van der Waals surface area contributed by atoms with Gasteiger partial charge in [0.2, 0.25) is 0 Å².